The van der Waals surface area contributed by atoms with Crippen LogP contribution in [0.2, 0.25) is 0 Å². The van der Waals surface area contributed by atoms with Crippen LogP contribution in [-0.4, -0.2) is 53.7 Å². The number of guanidine groups is 1. The van der Waals surface area contributed by atoms with Crippen LogP contribution in [0.25, 0.3) is 0 Å². The molecule has 0 atom stereocenters. The summed E-state index contributed by atoms with van der Waals surface area (Å²) in [5, 5.41) is 10.6. The number of aryl methyl sites for hydroxylation is 1. The van der Waals surface area contributed by atoms with Crippen LogP contribution in [0.15, 0.2) is 34.0 Å². The number of rotatable bonds is 7. The van der Waals surface area contributed by atoms with Crippen molar-refractivity contribution in [2.24, 2.45) is 12.0 Å². The van der Waals surface area contributed by atoms with Crippen molar-refractivity contribution in [3.05, 3.63) is 41.6 Å². The molecular formula is C18H29IN6O2. The molecule has 0 bridgehead atoms. The molecule has 0 saturated carbocycles. The van der Waals surface area contributed by atoms with E-state index in [1.807, 2.05) is 29.9 Å². The zero-order valence-corrected chi connectivity index (χ0v) is 18.9. The first-order valence-electron chi connectivity index (χ1n) is 8.68. The molecule has 8 nitrogen and oxygen atoms in total. The first-order valence-corrected chi connectivity index (χ1v) is 8.68. The molecule has 2 aromatic heterocycles. The smallest absolute Gasteiger partial charge is 0.287 e. The SMILES string of the molecule is CN=C(NCCNC(=O)c1ccco1)N(C)Cc1cn(C)nc1C(C)C.I. The molecule has 0 aliphatic carbocycles. The summed E-state index contributed by atoms with van der Waals surface area (Å²) < 4.78 is 6.91. The van der Waals surface area contributed by atoms with E-state index in [0.717, 1.165) is 11.7 Å². The van der Waals surface area contributed by atoms with Crippen LogP contribution >= 0.6 is 24.0 Å². The van der Waals surface area contributed by atoms with Gasteiger partial charge in [0.1, 0.15) is 0 Å². The van der Waals surface area contributed by atoms with Crippen molar-refractivity contribution in [3.8, 4) is 0 Å². The van der Waals surface area contributed by atoms with Crippen molar-refractivity contribution in [2.75, 3.05) is 27.2 Å². The largest absolute Gasteiger partial charge is 0.459 e. The van der Waals surface area contributed by atoms with E-state index < -0.39 is 0 Å². The van der Waals surface area contributed by atoms with Crippen LogP contribution in [0, 0.1) is 0 Å². The van der Waals surface area contributed by atoms with Gasteiger partial charge in [-0.1, -0.05) is 13.8 Å². The molecule has 0 aliphatic rings. The van der Waals surface area contributed by atoms with Crippen molar-refractivity contribution >= 4 is 35.8 Å². The second-order valence-corrected chi connectivity index (χ2v) is 6.43. The van der Waals surface area contributed by atoms with E-state index in [4.69, 9.17) is 4.42 Å². The molecule has 27 heavy (non-hydrogen) atoms. The molecule has 0 spiro atoms. The number of aromatic nitrogens is 2. The number of amides is 1. The summed E-state index contributed by atoms with van der Waals surface area (Å²) in [6.45, 7) is 6.02. The van der Waals surface area contributed by atoms with Crippen LogP contribution in [-0.2, 0) is 13.6 Å². The molecule has 0 radical (unpaired) electrons. The zero-order chi connectivity index (χ0) is 19.1. The van der Waals surface area contributed by atoms with Crippen molar-refractivity contribution < 1.29 is 9.21 Å². The van der Waals surface area contributed by atoms with Gasteiger partial charge in [0.25, 0.3) is 5.91 Å². The number of carbonyl (C=O) groups is 1. The predicted molar refractivity (Wildman–Crippen MR) is 117 cm³/mol. The van der Waals surface area contributed by atoms with E-state index in [1.54, 1.807) is 19.2 Å². The number of carbonyl (C=O) groups excluding carboxylic acids is 1. The Morgan fingerprint density at radius 1 is 1.37 bits per heavy atom. The molecule has 1 amide bonds. The molecule has 0 aliphatic heterocycles. The molecule has 2 N–H and O–H groups in total. The van der Waals surface area contributed by atoms with E-state index in [1.165, 1.54) is 11.8 Å². The van der Waals surface area contributed by atoms with Gasteiger partial charge in [-0.3, -0.25) is 14.5 Å². The Hall–Kier alpha value is -2.04. The molecule has 0 fully saturated rings. The van der Waals surface area contributed by atoms with Gasteiger partial charge in [-0.2, -0.15) is 5.10 Å². The van der Waals surface area contributed by atoms with Gasteiger partial charge in [0.2, 0.25) is 0 Å². The molecule has 9 heteroatoms. The number of nitrogens with zero attached hydrogens (tertiary/aromatic N) is 4. The van der Waals surface area contributed by atoms with E-state index in [-0.39, 0.29) is 29.9 Å². The fraction of sp³-hybridized carbons (Fsp3) is 0.500. The minimum absolute atomic E-state index is 0. The van der Waals surface area contributed by atoms with Crippen molar-refractivity contribution in [1.82, 2.24) is 25.3 Å². The van der Waals surface area contributed by atoms with E-state index >= 15 is 0 Å². The lowest BCUT2D eigenvalue weighted by Gasteiger charge is -2.22. The van der Waals surface area contributed by atoms with Crippen LogP contribution in [0.5, 0.6) is 0 Å². The third kappa shape index (κ3) is 6.56. The maximum atomic E-state index is 11.8. The van der Waals surface area contributed by atoms with Crippen LogP contribution in [0.4, 0.5) is 0 Å². The Morgan fingerprint density at radius 2 is 2.07 bits per heavy atom. The standard InChI is InChI=1S/C18H28N6O2.HI/c1-13(2)16-14(12-24(5)22-16)11-23(4)18(19-3)21-9-8-20-17(25)15-7-6-10-26-15;/h6-7,10,12-13H,8-9,11H2,1-5H3,(H,19,21)(H,20,25);1H. The summed E-state index contributed by atoms with van der Waals surface area (Å²) in [5.74, 6) is 1.21. The molecular weight excluding hydrogens is 459 g/mol. The molecule has 2 rings (SSSR count). The maximum absolute atomic E-state index is 11.8. The van der Waals surface area contributed by atoms with E-state index in [2.05, 4.69) is 34.6 Å². The Balaban J connectivity index is 0.00000364. The van der Waals surface area contributed by atoms with Crippen molar-refractivity contribution in [3.63, 3.8) is 0 Å². The van der Waals surface area contributed by atoms with Gasteiger partial charge in [-0.25, -0.2) is 0 Å². The highest BCUT2D eigenvalue weighted by molar-refractivity contribution is 14.0. The fourth-order valence-electron chi connectivity index (χ4n) is 2.72. The zero-order valence-electron chi connectivity index (χ0n) is 16.5. The van der Waals surface area contributed by atoms with Gasteiger partial charge < -0.3 is 20.0 Å². The monoisotopic (exact) mass is 488 g/mol. The first kappa shape index (κ1) is 23.0. The van der Waals surface area contributed by atoms with Gasteiger partial charge in [-0.05, 0) is 18.1 Å². The Morgan fingerprint density at radius 3 is 2.67 bits per heavy atom. The van der Waals surface area contributed by atoms with Crippen molar-refractivity contribution in [2.45, 2.75) is 26.3 Å². The highest BCUT2D eigenvalue weighted by Gasteiger charge is 2.15. The van der Waals surface area contributed by atoms with Gasteiger partial charge in [0.05, 0.1) is 12.0 Å². The Bertz CT molecular complexity index is 739. The summed E-state index contributed by atoms with van der Waals surface area (Å²) in [5.41, 5.74) is 2.28. The number of furan rings is 1. The number of aliphatic imine (C=N–C) groups is 1. The third-order valence-corrected chi connectivity index (χ3v) is 3.90. The van der Waals surface area contributed by atoms with Gasteiger partial charge in [0.15, 0.2) is 11.7 Å². The quantitative estimate of drug-likeness (QED) is 0.270. The fourth-order valence-corrected chi connectivity index (χ4v) is 2.72. The molecule has 150 valence electrons. The van der Waals surface area contributed by atoms with E-state index in [0.29, 0.717) is 31.3 Å². The van der Waals surface area contributed by atoms with Crippen LogP contribution in [0.1, 0.15) is 41.6 Å². The number of halogens is 1. The molecule has 0 aromatic carbocycles. The average Bonchev–Trinajstić information content (AvgIpc) is 3.24. The highest BCUT2D eigenvalue weighted by atomic mass is 127. The second kappa shape index (κ2) is 11.0. The lowest BCUT2D eigenvalue weighted by atomic mass is 10.1. The summed E-state index contributed by atoms with van der Waals surface area (Å²) in [6, 6.07) is 3.32. The number of hydrogen-bond donors (Lipinski definition) is 2. The summed E-state index contributed by atoms with van der Waals surface area (Å²) in [6.07, 6.45) is 3.52. The normalized spacial score (nSPS) is 11.3. The van der Waals surface area contributed by atoms with Crippen LogP contribution < -0.4 is 10.6 Å². The lowest BCUT2D eigenvalue weighted by Crippen LogP contribution is -2.42. The van der Waals surface area contributed by atoms with E-state index in [9.17, 15) is 4.79 Å². The summed E-state index contributed by atoms with van der Waals surface area (Å²) in [4.78, 5) is 18.2. The topological polar surface area (TPSA) is 87.7 Å². The number of hydrogen-bond acceptors (Lipinski definition) is 4. The van der Waals surface area contributed by atoms with Gasteiger partial charge >= 0.3 is 0 Å². The Labute approximate surface area is 177 Å². The van der Waals surface area contributed by atoms with Gasteiger partial charge in [0, 0.05) is 52.5 Å². The predicted octanol–water partition coefficient (Wildman–Crippen LogP) is 2.19. The second-order valence-electron chi connectivity index (χ2n) is 6.43. The molecule has 0 saturated heterocycles. The molecule has 2 aromatic rings. The first-order chi connectivity index (χ1) is 12.4. The van der Waals surface area contributed by atoms with Crippen LogP contribution in [0.3, 0.4) is 0 Å². The summed E-state index contributed by atoms with van der Waals surface area (Å²) in [7, 11) is 5.66. The van der Waals surface area contributed by atoms with Gasteiger partial charge in [-0.15, -0.1) is 24.0 Å². The third-order valence-electron chi connectivity index (χ3n) is 3.90. The lowest BCUT2D eigenvalue weighted by molar-refractivity contribution is 0.0926. The average molecular weight is 488 g/mol. The minimum atomic E-state index is -0.225. The molecule has 2 heterocycles. The summed E-state index contributed by atoms with van der Waals surface area (Å²) >= 11 is 0. The molecule has 0 unspecified atom stereocenters. The maximum Gasteiger partial charge on any atom is 0.287 e. The Kier molecular flexibility index (Phi) is 9.33. The highest BCUT2D eigenvalue weighted by Crippen LogP contribution is 2.18. The number of nitrogens with one attached hydrogen (secondary N) is 2. The minimum Gasteiger partial charge on any atom is -0.459 e. The van der Waals surface area contributed by atoms with Crippen molar-refractivity contribution in [1.29, 1.82) is 0 Å².